The normalized spacial score (nSPS) is 18.6. The number of nitrogens with one attached hydrogen (secondary N) is 1. The van der Waals surface area contributed by atoms with E-state index in [-0.39, 0.29) is 11.7 Å². The van der Waals surface area contributed by atoms with Crippen LogP contribution in [0.4, 0.5) is 0 Å². The van der Waals surface area contributed by atoms with Gasteiger partial charge in [-0.15, -0.1) is 0 Å². The van der Waals surface area contributed by atoms with Crippen LogP contribution in [0.5, 0.6) is 5.75 Å². The van der Waals surface area contributed by atoms with Crippen molar-refractivity contribution in [3.8, 4) is 5.75 Å². The highest BCUT2D eigenvalue weighted by Crippen LogP contribution is 2.32. The lowest BCUT2D eigenvalue weighted by Crippen LogP contribution is -2.18. The summed E-state index contributed by atoms with van der Waals surface area (Å²) in [6, 6.07) is 6.80. The molecule has 0 aromatic heterocycles. The molecule has 3 nitrogen and oxygen atoms in total. The largest absolute Gasteiger partial charge is 0.508 e. The van der Waals surface area contributed by atoms with E-state index in [1.54, 1.807) is 18.2 Å². The summed E-state index contributed by atoms with van der Waals surface area (Å²) in [4.78, 5) is 12.1. The number of carbonyl (C=O) groups excluding carboxylic acids is 1. The molecule has 1 saturated heterocycles. The number of aromatic hydroxyl groups is 1. The molecule has 0 radical (unpaired) electrons. The minimum absolute atomic E-state index is 0.171. The Bertz CT molecular complexity index is 508. The number of hydrogen-bond acceptors (Lipinski definition) is 4. The molecule has 0 unspecified atom stereocenters. The summed E-state index contributed by atoms with van der Waals surface area (Å²) in [5, 5.41) is 11.9. The maximum atomic E-state index is 11.5. The molecular formula is C11H9NO2S2. The second-order valence-electron chi connectivity index (χ2n) is 3.35. The third kappa shape index (κ3) is 2.10. The summed E-state index contributed by atoms with van der Waals surface area (Å²) in [5.74, 6) is 0.0132. The van der Waals surface area contributed by atoms with E-state index in [1.165, 1.54) is 11.8 Å². The van der Waals surface area contributed by atoms with Gasteiger partial charge in [-0.2, -0.15) is 0 Å². The second kappa shape index (κ2) is 4.27. The SMILES string of the molecule is C/C(=C1/SC(=S)NC1=O)c1cccc(O)c1. The van der Waals surface area contributed by atoms with E-state index in [2.05, 4.69) is 5.32 Å². The molecular weight excluding hydrogens is 242 g/mol. The average Bonchev–Trinajstić information content (AvgIpc) is 2.57. The summed E-state index contributed by atoms with van der Waals surface area (Å²) in [6.45, 7) is 1.84. The van der Waals surface area contributed by atoms with Crippen molar-refractivity contribution >= 4 is 39.8 Å². The number of carbonyl (C=O) groups is 1. The van der Waals surface area contributed by atoms with Crippen molar-refractivity contribution in [3.63, 3.8) is 0 Å². The zero-order valence-corrected chi connectivity index (χ0v) is 10.1. The van der Waals surface area contributed by atoms with E-state index in [1.807, 2.05) is 13.0 Å². The molecule has 1 heterocycles. The topological polar surface area (TPSA) is 49.3 Å². The fourth-order valence-electron chi connectivity index (χ4n) is 1.43. The first-order valence-electron chi connectivity index (χ1n) is 4.61. The van der Waals surface area contributed by atoms with Crippen LogP contribution >= 0.6 is 24.0 Å². The number of rotatable bonds is 1. The number of benzene rings is 1. The molecule has 0 spiro atoms. The van der Waals surface area contributed by atoms with E-state index in [0.717, 1.165) is 11.1 Å². The lowest BCUT2D eigenvalue weighted by molar-refractivity contribution is -0.115. The predicted octanol–water partition coefficient (Wildman–Crippen LogP) is 2.27. The number of phenols is 1. The zero-order valence-electron chi connectivity index (χ0n) is 8.48. The molecule has 82 valence electrons. The smallest absolute Gasteiger partial charge is 0.263 e. The molecule has 1 aromatic carbocycles. The van der Waals surface area contributed by atoms with Gasteiger partial charge in [0.25, 0.3) is 5.91 Å². The fourth-order valence-corrected chi connectivity index (χ4v) is 2.52. The van der Waals surface area contributed by atoms with E-state index < -0.39 is 0 Å². The Morgan fingerprint density at radius 3 is 2.81 bits per heavy atom. The first-order chi connectivity index (χ1) is 7.58. The number of phenolic OH excluding ortho intramolecular Hbond substituents is 1. The summed E-state index contributed by atoms with van der Waals surface area (Å²) in [5.41, 5.74) is 1.64. The van der Waals surface area contributed by atoms with Crippen LogP contribution in [0.2, 0.25) is 0 Å². The molecule has 2 rings (SSSR count). The summed E-state index contributed by atoms with van der Waals surface area (Å²) >= 11 is 6.17. The van der Waals surface area contributed by atoms with Crippen LogP contribution in [-0.2, 0) is 4.79 Å². The molecule has 16 heavy (non-hydrogen) atoms. The first kappa shape index (κ1) is 11.2. The zero-order chi connectivity index (χ0) is 11.7. The predicted molar refractivity (Wildman–Crippen MR) is 69.0 cm³/mol. The third-order valence-corrected chi connectivity index (χ3v) is 3.57. The Kier molecular flexibility index (Phi) is 2.98. The van der Waals surface area contributed by atoms with Crippen molar-refractivity contribution in [2.75, 3.05) is 0 Å². The molecule has 0 aliphatic carbocycles. The lowest BCUT2D eigenvalue weighted by atomic mass is 10.1. The van der Waals surface area contributed by atoms with Gasteiger partial charge in [0.1, 0.15) is 10.1 Å². The molecule has 1 fully saturated rings. The number of allylic oxidation sites excluding steroid dienone is 1. The van der Waals surface area contributed by atoms with Gasteiger partial charge in [0.2, 0.25) is 0 Å². The second-order valence-corrected chi connectivity index (χ2v) is 5.04. The molecule has 0 saturated carbocycles. The molecule has 1 aliphatic heterocycles. The first-order valence-corrected chi connectivity index (χ1v) is 5.84. The highest BCUT2D eigenvalue weighted by Gasteiger charge is 2.24. The Hall–Kier alpha value is -1.33. The number of thioether (sulfide) groups is 1. The van der Waals surface area contributed by atoms with Gasteiger partial charge in [-0.3, -0.25) is 4.79 Å². The van der Waals surface area contributed by atoms with Crippen molar-refractivity contribution in [1.82, 2.24) is 5.32 Å². The van der Waals surface area contributed by atoms with E-state index >= 15 is 0 Å². The van der Waals surface area contributed by atoms with Crippen LogP contribution in [0.3, 0.4) is 0 Å². The van der Waals surface area contributed by atoms with Crippen molar-refractivity contribution in [2.45, 2.75) is 6.92 Å². The Balaban J connectivity index is 2.45. The number of hydrogen-bond donors (Lipinski definition) is 2. The van der Waals surface area contributed by atoms with E-state index in [4.69, 9.17) is 12.2 Å². The van der Waals surface area contributed by atoms with Gasteiger partial charge < -0.3 is 10.4 Å². The standard InChI is InChI=1S/C11H9NO2S2/c1-6(7-3-2-4-8(13)5-7)9-10(14)12-11(15)16-9/h2-5,13H,1H3,(H,12,14,15)/b9-6-. The quantitative estimate of drug-likeness (QED) is 0.594. The van der Waals surface area contributed by atoms with Gasteiger partial charge in [-0.1, -0.05) is 36.1 Å². The van der Waals surface area contributed by atoms with Crippen molar-refractivity contribution in [2.24, 2.45) is 0 Å². The van der Waals surface area contributed by atoms with Gasteiger partial charge in [-0.25, -0.2) is 0 Å². The maximum Gasteiger partial charge on any atom is 0.263 e. The van der Waals surface area contributed by atoms with Crippen molar-refractivity contribution in [1.29, 1.82) is 0 Å². The van der Waals surface area contributed by atoms with Gasteiger partial charge in [0, 0.05) is 0 Å². The van der Waals surface area contributed by atoms with E-state index in [0.29, 0.717) is 9.23 Å². The molecule has 1 aliphatic rings. The number of thiocarbonyl (C=S) groups is 1. The summed E-state index contributed by atoms with van der Waals surface area (Å²) < 4.78 is 0.472. The Morgan fingerprint density at radius 2 is 2.25 bits per heavy atom. The highest BCUT2D eigenvalue weighted by molar-refractivity contribution is 8.26. The van der Waals surface area contributed by atoms with Crippen LogP contribution < -0.4 is 5.32 Å². The van der Waals surface area contributed by atoms with Crippen molar-refractivity contribution < 1.29 is 9.90 Å². The van der Waals surface area contributed by atoms with Gasteiger partial charge >= 0.3 is 0 Å². The molecule has 1 aromatic rings. The summed E-state index contributed by atoms with van der Waals surface area (Å²) in [6.07, 6.45) is 0. The molecule has 0 bridgehead atoms. The van der Waals surface area contributed by atoms with E-state index in [9.17, 15) is 9.90 Å². The van der Waals surface area contributed by atoms with Crippen LogP contribution in [0.15, 0.2) is 29.2 Å². The monoisotopic (exact) mass is 251 g/mol. The van der Waals surface area contributed by atoms with Crippen LogP contribution in [0.25, 0.3) is 5.57 Å². The maximum absolute atomic E-state index is 11.5. The van der Waals surface area contributed by atoms with Gasteiger partial charge in [0.15, 0.2) is 0 Å². The molecule has 1 amide bonds. The van der Waals surface area contributed by atoms with Crippen molar-refractivity contribution in [3.05, 3.63) is 34.7 Å². The Labute approximate surface area is 103 Å². The molecule has 5 heteroatoms. The van der Waals surface area contributed by atoms with Crippen LogP contribution in [-0.4, -0.2) is 15.3 Å². The molecule has 2 N–H and O–H groups in total. The third-order valence-electron chi connectivity index (χ3n) is 2.24. The molecule has 0 atom stereocenters. The highest BCUT2D eigenvalue weighted by atomic mass is 32.2. The minimum atomic E-state index is -0.171. The number of amides is 1. The average molecular weight is 251 g/mol. The van der Waals surface area contributed by atoms with Gasteiger partial charge in [-0.05, 0) is 30.2 Å². The Morgan fingerprint density at radius 1 is 1.50 bits per heavy atom. The van der Waals surface area contributed by atoms with Gasteiger partial charge in [0.05, 0.1) is 4.91 Å². The fraction of sp³-hybridized carbons (Fsp3) is 0.0909. The summed E-state index contributed by atoms with van der Waals surface area (Å²) in [7, 11) is 0. The van der Waals surface area contributed by atoms with Crippen LogP contribution in [0, 0.1) is 0 Å². The minimum Gasteiger partial charge on any atom is -0.508 e. The lowest BCUT2D eigenvalue weighted by Gasteiger charge is -2.04. The van der Waals surface area contributed by atoms with Crippen LogP contribution in [0.1, 0.15) is 12.5 Å².